The predicted molar refractivity (Wildman–Crippen MR) is 111 cm³/mol. The lowest BCUT2D eigenvalue weighted by Gasteiger charge is -2.15. The van der Waals surface area contributed by atoms with E-state index in [-0.39, 0.29) is 35.9 Å². The van der Waals surface area contributed by atoms with Crippen molar-refractivity contribution in [1.29, 1.82) is 0 Å². The lowest BCUT2D eigenvalue weighted by Crippen LogP contribution is -2.42. The Hall–Kier alpha value is -1.42. The number of methoxy groups -OCH3 is 1. The van der Waals surface area contributed by atoms with E-state index in [1.807, 2.05) is 32.0 Å². The SMILES string of the molecule is COCCNC(=O)CCN=C(NCCc1ccccn1)NC(C)C.I. The molecule has 0 fully saturated rings. The molecule has 0 unspecified atom stereocenters. The molecule has 8 heteroatoms. The molecule has 0 aromatic carbocycles. The van der Waals surface area contributed by atoms with Gasteiger partial charge in [-0.1, -0.05) is 6.07 Å². The van der Waals surface area contributed by atoms with Crippen molar-refractivity contribution >= 4 is 35.8 Å². The number of aliphatic imine (C=N–C) groups is 1. The van der Waals surface area contributed by atoms with Crippen molar-refractivity contribution in [2.75, 3.05) is 33.4 Å². The number of rotatable bonds is 10. The van der Waals surface area contributed by atoms with Crippen molar-refractivity contribution in [3.8, 4) is 0 Å². The first-order valence-corrected chi connectivity index (χ1v) is 8.32. The van der Waals surface area contributed by atoms with Crippen molar-refractivity contribution in [1.82, 2.24) is 20.9 Å². The highest BCUT2D eigenvalue weighted by molar-refractivity contribution is 14.0. The van der Waals surface area contributed by atoms with Crippen LogP contribution in [0.1, 0.15) is 26.0 Å². The number of nitrogens with zero attached hydrogens (tertiary/aromatic N) is 2. The average Bonchev–Trinajstić information content (AvgIpc) is 2.55. The maximum absolute atomic E-state index is 11.6. The molecule has 142 valence electrons. The molecule has 25 heavy (non-hydrogen) atoms. The zero-order chi connectivity index (χ0) is 17.6. The maximum Gasteiger partial charge on any atom is 0.221 e. The van der Waals surface area contributed by atoms with Crippen LogP contribution in [-0.4, -0.2) is 56.2 Å². The highest BCUT2D eigenvalue weighted by atomic mass is 127. The molecule has 1 aromatic rings. The molecular weight excluding hydrogens is 433 g/mol. The number of hydrogen-bond donors (Lipinski definition) is 3. The fourth-order valence-corrected chi connectivity index (χ4v) is 1.93. The summed E-state index contributed by atoms with van der Waals surface area (Å²) in [5, 5.41) is 9.31. The lowest BCUT2D eigenvalue weighted by molar-refractivity contribution is -0.121. The van der Waals surface area contributed by atoms with Gasteiger partial charge in [0, 0.05) is 51.0 Å². The number of carbonyl (C=O) groups excluding carboxylic acids is 1. The monoisotopic (exact) mass is 463 g/mol. The summed E-state index contributed by atoms with van der Waals surface area (Å²) < 4.78 is 4.89. The Kier molecular flexibility index (Phi) is 14.0. The quantitative estimate of drug-likeness (QED) is 0.211. The molecule has 0 radical (unpaired) electrons. The van der Waals surface area contributed by atoms with Crippen LogP contribution in [0.4, 0.5) is 0 Å². The van der Waals surface area contributed by atoms with E-state index in [1.165, 1.54) is 0 Å². The Morgan fingerprint density at radius 2 is 2.08 bits per heavy atom. The molecule has 0 saturated carbocycles. The van der Waals surface area contributed by atoms with E-state index in [4.69, 9.17) is 4.74 Å². The number of amides is 1. The Balaban J connectivity index is 0.00000576. The van der Waals surface area contributed by atoms with E-state index in [0.29, 0.717) is 32.1 Å². The standard InChI is InChI=1S/C17H29N5O2.HI/c1-14(2)22-17(20-10-7-15-6-4-5-9-18-15)21-11-8-16(23)19-12-13-24-3;/h4-6,9,14H,7-8,10-13H2,1-3H3,(H,19,23)(H2,20,21,22);1H. The highest BCUT2D eigenvalue weighted by Gasteiger charge is 2.03. The van der Waals surface area contributed by atoms with Gasteiger partial charge in [-0.05, 0) is 26.0 Å². The summed E-state index contributed by atoms with van der Waals surface area (Å²) in [5.41, 5.74) is 1.03. The minimum absolute atomic E-state index is 0. The number of carbonyl (C=O) groups is 1. The van der Waals surface area contributed by atoms with Gasteiger partial charge in [0.15, 0.2) is 5.96 Å². The summed E-state index contributed by atoms with van der Waals surface area (Å²) in [6, 6.07) is 6.15. The number of halogens is 1. The third kappa shape index (κ3) is 12.6. The Bertz CT molecular complexity index is 497. The summed E-state index contributed by atoms with van der Waals surface area (Å²) >= 11 is 0. The minimum Gasteiger partial charge on any atom is -0.383 e. The van der Waals surface area contributed by atoms with Gasteiger partial charge in [0.1, 0.15) is 0 Å². The van der Waals surface area contributed by atoms with Crippen LogP contribution in [0.2, 0.25) is 0 Å². The van der Waals surface area contributed by atoms with Gasteiger partial charge in [-0.2, -0.15) is 0 Å². The number of hydrogen-bond acceptors (Lipinski definition) is 4. The van der Waals surface area contributed by atoms with Gasteiger partial charge in [0.2, 0.25) is 5.91 Å². The average molecular weight is 463 g/mol. The predicted octanol–water partition coefficient (Wildman–Crippen LogP) is 1.34. The fourth-order valence-electron chi connectivity index (χ4n) is 1.93. The lowest BCUT2D eigenvalue weighted by atomic mass is 10.3. The van der Waals surface area contributed by atoms with Crippen LogP contribution in [0.3, 0.4) is 0 Å². The topological polar surface area (TPSA) is 87.6 Å². The van der Waals surface area contributed by atoms with E-state index >= 15 is 0 Å². The number of guanidine groups is 1. The van der Waals surface area contributed by atoms with E-state index in [1.54, 1.807) is 13.3 Å². The molecule has 0 aliphatic heterocycles. The van der Waals surface area contributed by atoms with Crippen molar-refractivity contribution in [3.05, 3.63) is 30.1 Å². The fraction of sp³-hybridized carbons (Fsp3) is 0.588. The molecule has 3 N–H and O–H groups in total. The molecule has 0 aliphatic carbocycles. The number of aromatic nitrogens is 1. The second-order valence-electron chi connectivity index (χ2n) is 5.62. The van der Waals surface area contributed by atoms with E-state index in [0.717, 1.165) is 18.7 Å². The third-order valence-electron chi connectivity index (χ3n) is 3.06. The van der Waals surface area contributed by atoms with Gasteiger partial charge in [-0.3, -0.25) is 14.8 Å². The van der Waals surface area contributed by atoms with Crippen LogP contribution < -0.4 is 16.0 Å². The molecule has 1 amide bonds. The first-order valence-electron chi connectivity index (χ1n) is 8.32. The largest absolute Gasteiger partial charge is 0.383 e. The number of nitrogens with one attached hydrogen (secondary N) is 3. The summed E-state index contributed by atoms with van der Waals surface area (Å²) in [5.74, 6) is 0.693. The summed E-state index contributed by atoms with van der Waals surface area (Å²) in [6.45, 7) is 6.31. The van der Waals surface area contributed by atoms with Crippen LogP contribution >= 0.6 is 24.0 Å². The highest BCUT2D eigenvalue weighted by Crippen LogP contribution is 1.93. The van der Waals surface area contributed by atoms with Gasteiger partial charge in [-0.15, -0.1) is 24.0 Å². The minimum atomic E-state index is -0.0202. The molecular formula is C17H30IN5O2. The van der Waals surface area contributed by atoms with E-state index < -0.39 is 0 Å². The Labute approximate surface area is 167 Å². The molecule has 0 spiro atoms. The summed E-state index contributed by atoms with van der Waals surface area (Å²) in [4.78, 5) is 20.4. The molecule has 7 nitrogen and oxygen atoms in total. The molecule has 0 atom stereocenters. The zero-order valence-electron chi connectivity index (χ0n) is 15.2. The van der Waals surface area contributed by atoms with Gasteiger partial charge in [0.25, 0.3) is 0 Å². The summed E-state index contributed by atoms with van der Waals surface area (Å²) in [7, 11) is 1.61. The maximum atomic E-state index is 11.6. The number of pyridine rings is 1. The van der Waals surface area contributed by atoms with Crippen LogP contribution in [0.25, 0.3) is 0 Å². The second kappa shape index (κ2) is 14.9. The number of ether oxygens (including phenoxy) is 1. The van der Waals surface area contributed by atoms with Gasteiger partial charge >= 0.3 is 0 Å². The second-order valence-corrected chi connectivity index (χ2v) is 5.62. The summed E-state index contributed by atoms with van der Waals surface area (Å²) in [6.07, 6.45) is 2.96. The van der Waals surface area contributed by atoms with Crippen LogP contribution in [0.5, 0.6) is 0 Å². The van der Waals surface area contributed by atoms with Crippen molar-refractivity contribution in [2.45, 2.75) is 32.7 Å². The van der Waals surface area contributed by atoms with E-state index in [2.05, 4.69) is 25.9 Å². The van der Waals surface area contributed by atoms with Crippen LogP contribution in [0.15, 0.2) is 29.4 Å². The normalized spacial score (nSPS) is 11.0. The van der Waals surface area contributed by atoms with E-state index in [9.17, 15) is 4.79 Å². The molecule has 1 aromatic heterocycles. The molecule has 0 bridgehead atoms. The third-order valence-corrected chi connectivity index (χ3v) is 3.06. The van der Waals surface area contributed by atoms with Gasteiger partial charge in [-0.25, -0.2) is 0 Å². The Morgan fingerprint density at radius 1 is 1.28 bits per heavy atom. The molecule has 0 saturated heterocycles. The van der Waals surface area contributed by atoms with Crippen LogP contribution in [-0.2, 0) is 16.0 Å². The first kappa shape index (κ1) is 23.6. The van der Waals surface area contributed by atoms with Crippen molar-refractivity contribution in [3.63, 3.8) is 0 Å². The zero-order valence-corrected chi connectivity index (χ0v) is 17.6. The molecule has 1 heterocycles. The van der Waals surface area contributed by atoms with Gasteiger partial charge in [0.05, 0.1) is 13.2 Å². The van der Waals surface area contributed by atoms with Crippen molar-refractivity contribution in [2.24, 2.45) is 4.99 Å². The molecule has 1 rings (SSSR count). The van der Waals surface area contributed by atoms with Gasteiger partial charge < -0.3 is 20.7 Å². The molecule has 0 aliphatic rings. The van der Waals surface area contributed by atoms with Crippen molar-refractivity contribution < 1.29 is 9.53 Å². The smallest absolute Gasteiger partial charge is 0.221 e. The Morgan fingerprint density at radius 3 is 2.72 bits per heavy atom. The first-order chi connectivity index (χ1) is 11.6. The van der Waals surface area contributed by atoms with Crippen LogP contribution in [0, 0.1) is 0 Å².